The Morgan fingerprint density at radius 2 is 1.80 bits per heavy atom. The number of benzene rings is 1. The van der Waals surface area contributed by atoms with Gasteiger partial charge in [-0.2, -0.15) is 0 Å². The molecule has 2 aromatic rings. The first-order valence-corrected chi connectivity index (χ1v) is 6.39. The van der Waals surface area contributed by atoms with E-state index < -0.39 is 0 Å². The molecule has 0 aliphatic rings. The number of nitrogens with zero attached hydrogens (tertiary/aromatic N) is 2. The van der Waals surface area contributed by atoms with Crippen molar-refractivity contribution in [2.45, 2.75) is 26.3 Å². The Balaban J connectivity index is 0.00000200. The monoisotopic (exact) mass is 340 g/mol. The molecule has 1 heterocycles. The lowest BCUT2D eigenvalue weighted by Gasteiger charge is -2.11. The molecular formula is C15H21BrN2O2. The fraction of sp³-hybridized carbons (Fsp3) is 0.400. The normalized spacial score (nSPS) is 10.6. The molecule has 0 saturated carbocycles. The van der Waals surface area contributed by atoms with Gasteiger partial charge in [-0.3, -0.25) is 0 Å². The molecule has 20 heavy (non-hydrogen) atoms. The van der Waals surface area contributed by atoms with Gasteiger partial charge in [0, 0.05) is 21.1 Å². The maximum atomic E-state index is 5.23. The SMILES string of the molecule is COC(C[n+]1ccn(Cc2ccccc2)c1C)OC.[Br-]. The van der Waals surface area contributed by atoms with E-state index in [2.05, 4.69) is 52.7 Å². The van der Waals surface area contributed by atoms with Crippen molar-refractivity contribution in [3.63, 3.8) is 0 Å². The summed E-state index contributed by atoms with van der Waals surface area (Å²) < 4.78 is 14.8. The van der Waals surface area contributed by atoms with E-state index in [1.807, 2.05) is 6.07 Å². The summed E-state index contributed by atoms with van der Waals surface area (Å²) in [7, 11) is 3.32. The van der Waals surface area contributed by atoms with Gasteiger partial charge in [-0.15, -0.1) is 0 Å². The minimum absolute atomic E-state index is 0. The molecule has 0 unspecified atom stereocenters. The molecule has 2 rings (SSSR count). The molecule has 1 aromatic heterocycles. The smallest absolute Gasteiger partial charge is 0.253 e. The van der Waals surface area contributed by atoms with Crippen LogP contribution in [0.4, 0.5) is 0 Å². The van der Waals surface area contributed by atoms with Crippen molar-refractivity contribution < 1.29 is 31.0 Å². The van der Waals surface area contributed by atoms with Crippen LogP contribution in [-0.2, 0) is 22.6 Å². The highest BCUT2D eigenvalue weighted by Gasteiger charge is 2.16. The Kier molecular flexibility index (Phi) is 6.91. The second-order valence-corrected chi connectivity index (χ2v) is 4.51. The van der Waals surface area contributed by atoms with Crippen LogP contribution in [-0.4, -0.2) is 25.1 Å². The molecule has 0 aliphatic heterocycles. The zero-order valence-corrected chi connectivity index (χ0v) is 13.7. The predicted octanol–water partition coefficient (Wildman–Crippen LogP) is -1.24. The van der Waals surface area contributed by atoms with Crippen LogP contribution in [0.15, 0.2) is 42.7 Å². The van der Waals surface area contributed by atoms with Gasteiger partial charge in [0.2, 0.25) is 0 Å². The number of rotatable bonds is 6. The predicted molar refractivity (Wildman–Crippen MR) is 72.7 cm³/mol. The lowest BCUT2D eigenvalue weighted by molar-refractivity contribution is -0.715. The third-order valence-electron chi connectivity index (χ3n) is 3.33. The van der Waals surface area contributed by atoms with Gasteiger partial charge < -0.3 is 26.5 Å². The van der Waals surface area contributed by atoms with Gasteiger partial charge in [0.25, 0.3) is 5.82 Å². The van der Waals surface area contributed by atoms with Crippen molar-refractivity contribution >= 4 is 0 Å². The first-order valence-electron chi connectivity index (χ1n) is 6.39. The quantitative estimate of drug-likeness (QED) is 0.485. The number of aromatic nitrogens is 2. The van der Waals surface area contributed by atoms with Crippen molar-refractivity contribution in [2.24, 2.45) is 0 Å². The van der Waals surface area contributed by atoms with E-state index >= 15 is 0 Å². The van der Waals surface area contributed by atoms with Crippen LogP contribution in [0.3, 0.4) is 0 Å². The van der Waals surface area contributed by atoms with Crippen LogP contribution in [0.25, 0.3) is 0 Å². The van der Waals surface area contributed by atoms with E-state index in [-0.39, 0.29) is 23.3 Å². The van der Waals surface area contributed by atoms with E-state index in [0.29, 0.717) is 6.54 Å². The van der Waals surface area contributed by atoms with Crippen LogP contribution in [0.2, 0.25) is 0 Å². The Morgan fingerprint density at radius 3 is 2.40 bits per heavy atom. The molecule has 0 aliphatic carbocycles. The van der Waals surface area contributed by atoms with E-state index in [1.165, 1.54) is 11.4 Å². The number of methoxy groups -OCH3 is 2. The van der Waals surface area contributed by atoms with Gasteiger partial charge in [0.15, 0.2) is 6.29 Å². The van der Waals surface area contributed by atoms with E-state index in [1.54, 1.807) is 14.2 Å². The van der Waals surface area contributed by atoms with Crippen LogP contribution in [0.5, 0.6) is 0 Å². The maximum Gasteiger partial charge on any atom is 0.253 e. The molecule has 110 valence electrons. The first kappa shape index (κ1) is 16.9. The minimum Gasteiger partial charge on any atom is -1.00 e. The summed E-state index contributed by atoms with van der Waals surface area (Å²) in [6.07, 6.45) is 3.94. The van der Waals surface area contributed by atoms with Crippen molar-refractivity contribution in [3.05, 3.63) is 54.1 Å². The maximum absolute atomic E-state index is 5.23. The third-order valence-corrected chi connectivity index (χ3v) is 3.33. The van der Waals surface area contributed by atoms with Crippen molar-refractivity contribution in [1.29, 1.82) is 0 Å². The van der Waals surface area contributed by atoms with Crippen molar-refractivity contribution in [3.8, 4) is 0 Å². The number of hydrogen-bond donors (Lipinski definition) is 0. The topological polar surface area (TPSA) is 27.3 Å². The Labute approximate surface area is 130 Å². The number of imidazole rings is 1. The van der Waals surface area contributed by atoms with E-state index in [0.717, 1.165) is 6.54 Å². The molecule has 0 amide bonds. The summed E-state index contributed by atoms with van der Waals surface area (Å²) in [4.78, 5) is 0. The molecule has 0 fully saturated rings. The van der Waals surface area contributed by atoms with Gasteiger partial charge in [-0.1, -0.05) is 30.3 Å². The summed E-state index contributed by atoms with van der Waals surface area (Å²) in [6, 6.07) is 10.4. The molecule has 1 aromatic carbocycles. The van der Waals surface area contributed by atoms with Gasteiger partial charge in [0.05, 0.1) is 0 Å². The third kappa shape index (κ3) is 4.16. The van der Waals surface area contributed by atoms with E-state index in [4.69, 9.17) is 9.47 Å². The van der Waals surface area contributed by atoms with Crippen LogP contribution >= 0.6 is 0 Å². The summed E-state index contributed by atoms with van der Waals surface area (Å²) in [5, 5.41) is 0. The standard InChI is InChI=1S/C15H21N2O2.BrH/c1-13-16(11-14-7-5-4-6-8-14)9-10-17(13)12-15(18-2)19-3;/h4-10,15H,11-12H2,1-3H3;1H/q+1;/p-1. The zero-order chi connectivity index (χ0) is 13.7. The van der Waals surface area contributed by atoms with Gasteiger partial charge in [-0.05, 0) is 5.56 Å². The fourth-order valence-electron chi connectivity index (χ4n) is 2.09. The van der Waals surface area contributed by atoms with Crippen molar-refractivity contribution in [2.75, 3.05) is 14.2 Å². The summed E-state index contributed by atoms with van der Waals surface area (Å²) >= 11 is 0. The molecule has 0 saturated heterocycles. The van der Waals surface area contributed by atoms with Gasteiger partial charge in [-0.25, -0.2) is 9.13 Å². The lowest BCUT2D eigenvalue weighted by atomic mass is 10.2. The highest BCUT2D eigenvalue weighted by molar-refractivity contribution is 5.15. The largest absolute Gasteiger partial charge is 1.00 e. The van der Waals surface area contributed by atoms with Crippen molar-refractivity contribution in [1.82, 2.24) is 4.57 Å². The average Bonchev–Trinajstić information content (AvgIpc) is 2.78. The molecule has 4 nitrogen and oxygen atoms in total. The molecule has 0 radical (unpaired) electrons. The highest BCUT2D eigenvalue weighted by Crippen LogP contribution is 2.04. The summed E-state index contributed by atoms with van der Waals surface area (Å²) in [5.41, 5.74) is 1.29. The van der Waals surface area contributed by atoms with Gasteiger partial charge >= 0.3 is 0 Å². The van der Waals surface area contributed by atoms with Crippen LogP contribution < -0.4 is 21.5 Å². The Morgan fingerprint density at radius 1 is 1.15 bits per heavy atom. The number of hydrogen-bond acceptors (Lipinski definition) is 2. The fourth-order valence-corrected chi connectivity index (χ4v) is 2.09. The van der Waals surface area contributed by atoms with Gasteiger partial charge in [0.1, 0.15) is 25.5 Å². The Bertz CT molecular complexity index is 510. The number of ether oxygens (including phenoxy) is 2. The molecule has 0 spiro atoms. The summed E-state index contributed by atoms with van der Waals surface area (Å²) in [6.45, 7) is 3.68. The summed E-state index contributed by atoms with van der Waals surface area (Å²) in [5.74, 6) is 1.18. The Hall–Kier alpha value is -1.17. The second kappa shape index (κ2) is 8.19. The van der Waals surface area contributed by atoms with E-state index in [9.17, 15) is 0 Å². The molecule has 0 bridgehead atoms. The average molecular weight is 341 g/mol. The highest BCUT2D eigenvalue weighted by atomic mass is 79.9. The minimum atomic E-state index is -0.212. The zero-order valence-electron chi connectivity index (χ0n) is 12.1. The van der Waals surface area contributed by atoms with Crippen LogP contribution in [0.1, 0.15) is 11.4 Å². The first-order chi connectivity index (χ1) is 9.24. The molecule has 0 atom stereocenters. The molecular weight excluding hydrogens is 320 g/mol. The number of halogens is 1. The lowest BCUT2D eigenvalue weighted by Crippen LogP contribution is -3.00. The molecule has 0 N–H and O–H groups in total. The molecule has 5 heteroatoms. The van der Waals surface area contributed by atoms with Crippen LogP contribution in [0, 0.1) is 6.92 Å². The second-order valence-electron chi connectivity index (χ2n) is 4.51.